The molecular formula is C18H19N5O4S. The number of rotatable bonds is 4. The summed E-state index contributed by atoms with van der Waals surface area (Å²) in [5.41, 5.74) is 1.06. The summed E-state index contributed by atoms with van der Waals surface area (Å²) in [6.45, 7) is 2.13. The Labute approximate surface area is 165 Å². The first-order chi connectivity index (χ1) is 13.5. The highest BCUT2D eigenvalue weighted by Crippen LogP contribution is 2.32. The van der Waals surface area contributed by atoms with Gasteiger partial charge in [-0.15, -0.1) is 5.10 Å². The Balaban J connectivity index is 1.50. The Morgan fingerprint density at radius 3 is 2.89 bits per heavy atom. The molecule has 2 aliphatic rings. The van der Waals surface area contributed by atoms with Gasteiger partial charge in [-0.2, -0.15) is 0 Å². The van der Waals surface area contributed by atoms with E-state index in [4.69, 9.17) is 4.74 Å². The van der Waals surface area contributed by atoms with E-state index in [1.54, 1.807) is 36.1 Å². The van der Waals surface area contributed by atoms with Crippen LogP contribution in [0.3, 0.4) is 0 Å². The predicted octanol–water partition coefficient (Wildman–Crippen LogP) is 1.58. The lowest BCUT2D eigenvalue weighted by Gasteiger charge is -2.32. The van der Waals surface area contributed by atoms with Gasteiger partial charge in [0.05, 0.1) is 18.5 Å². The minimum Gasteiger partial charge on any atom is -0.497 e. The molecule has 1 N–H and O–H groups in total. The zero-order valence-corrected chi connectivity index (χ0v) is 16.2. The summed E-state index contributed by atoms with van der Waals surface area (Å²) in [4.78, 5) is 41.4. The van der Waals surface area contributed by atoms with E-state index < -0.39 is 6.04 Å². The number of amides is 4. The van der Waals surface area contributed by atoms with Gasteiger partial charge in [-0.05, 0) is 43.4 Å². The van der Waals surface area contributed by atoms with Gasteiger partial charge in [-0.25, -0.2) is 9.69 Å². The van der Waals surface area contributed by atoms with Gasteiger partial charge in [-0.1, -0.05) is 10.6 Å². The highest BCUT2D eigenvalue weighted by molar-refractivity contribution is 7.08. The van der Waals surface area contributed by atoms with Crippen molar-refractivity contribution in [2.45, 2.75) is 31.8 Å². The topological polar surface area (TPSA) is 105 Å². The van der Waals surface area contributed by atoms with Crippen molar-refractivity contribution in [1.29, 1.82) is 0 Å². The Morgan fingerprint density at radius 2 is 2.18 bits per heavy atom. The van der Waals surface area contributed by atoms with Crippen LogP contribution < -0.4 is 15.0 Å². The number of imide groups is 1. The number of aryl methyl sites for hydroxylation is 1. The standard InChI is InChI=1S/C18H19N5O4S/c1-10-15(28-21-20-10)16(24)19-11-6-7-22-14(8-11)17(25)23(18(22)26)12-4-3-5-13(9-12)27-2/h3-5,9,11,14H,6-8H2,1-2H3,(H,19,24)/t11-,14-/m0/s1. The van der Waals surface area contributed by atoms with Crippen LogP contribution in [-0.4, -0.2) is 58.1 Å². The Kier molecular flexibility index (Phi) is 4.71. The zero-order valence-electron chi connectivity index (χ0n) is 15.4. The number of aromatic nitrogens is 2. The molecule has 3 heterocycles. The van der Waals surface area contributed by atoms with Gasteiger partial charge in [-0.3, -0.25) is 9.59 Å². The fraction of sp³-hybridized carbons (Fsp3) is 0.389. The Morgan fingerprint density at radius 1 is 1.36 bits per heavy atom. The van der Waals surface area contributed by atoms with Crippen LogP contribution in [0.1, 0.15) is 28.2 Å². The molecule has 0 radical (unpaired) electrons. The van der Waals surface area contributed by atoms with Crippen LogP contribution in [0, 0.1) is 6.92 Å². The molecule has 1 aromatic carbocycles. The van der Waals surface area contributed by atoms with Gasteiger partial charge in [0.25, 0.3) is 11.8 Å². The van der Waals surface area contributed by atoms with Gasteiger partial charge in [0.2, 0.25) is 0 Å². The van der Waals surface area contributed by atoms with E-state index in [2.05, 4.69) is 14.9 Å². The molecule has 0 aliphatic carbocycles. The second-order valence-corrected chi connectivity index (χ2v) is 7.50. The molecule has 1 aromatic heterocycles. The number of nitrogens with one attached hydrogen (secondary N) is 1. The summed E-state index contributed by atoms with van der Waals surface area (Å²) in [6.07, 6.45) is 0.959. The van der Waals surface area contributed by atoms with E-state index in [9.17, 15) is 14.4 Å². The molecule has 146 valence electrons. The number of fused-ring (bicyclic) bond motifs is 1. The second-order valence-electron chi connectivity index (χ2n) is 6.75. The molecule has 2 fully saturated rings. The number of benzene rings is 1. The molecule has 0 unspecified atom stereocenters. The summed E-state index contributed by atoms with van der Waals surface area (Å²) in [7, 11) is 1.53. The Hall–Kier alpha value is -3.01. The van der Waals surface area contributed by atoms with E-state index in [1.807, 2.05) is 0 Å². The first-order valence-corrected chi connectivity index (χ1v) is 9.65. The summed E-state index contributed by atoms with van der Waals surface area (Å²) in [5, 5.41) is 6.79. The van der Waals surface area contributed by atoms with Crippen molar-refractivity contribution in [2.24, 2.45) is 0 Å². The van der Waals surface area contributed by atoms with Gasteiger partial charge in [0.15, 0.2) is 0 Å². The van der Waals surface area contributed by atoms with Crippen LogP contribution in [0.4, 0.5) is 10.5 Å². The summed E-state index contributed by atoms with van der Waals surface area (Å²) in [5.74, 6) is 0.0434. The van der Waals surface area contributed by atoms with Gasteiger partial charge >= 0.3 is 6.03 Å². The van der Waals surface area contributed by atoms with Crippen LogP contribution in [0.25, 0.3) is 0 Å². The quantitative estimate of drug-likeness (QED) is 0.780. The van der Waals surface area contributed by atoms with Crippen molar-refractivity contribution in [3.05, 3.63) is 34.8 Å². The summed E-state index contributed by atoms with van der Waals surface area (Å²) >= 11 is 1.04. The molecule has 0 bridgehead atoms. The highest BCUT2D eigenvalue weighted by Gasteiger charge is 2.48. The number of urea groups is 1. The molecule has 10 heteroatoms. The predicted molar refractivity (Wildman–Crippen MR) is 102 cm³/mol. The summed E-state index contributed by atoms with van der Waals surface area (Å²) < 4.78 is 8.97. The third-order valence-corrected chi connectivity index (χ3v) is 5.88. The van der Waals surface area contributed by atoms with E-state index in [0.717, 1.165) is 11.5 Å². The number of hydrogen-bond donors (Lipinski definition) is 1. The van der Waals surface area contributed by atoms with Gasteiger partial charge < -0.3 is 15.0 Å². The van der Waals surface area contributed by atoms with Crippen molar-refractivity contribution in [1.82, 2.24) is 19.8 Å². The normalized spacial score (nSPS) is 21.6. The van der Waals surface area contributed by atoms with Gasteiger partial charge in [0.1, 0.15) is 16.7 Å². The average molecular weight is 401 g/mol. The lowest BCUT2D eigenvalue weighted by Crippen LogP contribution is -2.49. The maximum absolute atomic E-state index is 13.0. The minimum absolute atomic E-state index is 0.197. The molecule has 2 aliphatic heterocycles. The first kappa shape index (κ1) is 18.4. The molecule has 0 spiro atoms. The molecule has 0 saturated carbocycles. The Bertz CT molecular complexity index is 946. The number of piperidine rings is 1. The van der Waals surface area contributed by atoms with Crippen LogP contribution in [0.2, 0.25) is 0 Å². The highest BCUT2D eigenvalue weighted by atomic mass is 32.1. The van der Waals surface area contributed by atoms with Crippen molar-refractivity contribution >= 4 is 35.1 Å². The minimum atomic E-state index is -0.585. The zero-order chi connectivity index (χ0) is 19.8. The fourth-order valence-electron chi connectivity index (χ4n) is 3.61. The van der Waals surface area contributed by atoms with Crippen molar-refractivity contribution < 1.29 is 19.1 Å². The number of methoxy groups -OCH3 is 1. The maximum atomic E-state index is 13.0. The lowest BCUT2D eigenvalue weighted by molar-refractivity contribution is -0.120. The molecule has 9 nitrogen and oxygen atoms in total. The number of nitrogens with zero attached hydrogens (tertiary/aromatic N) is 4. The van der Waals surface area contributed by atoms with E-state index in [-0.39, 0.29) is 23.9 Å². The number of carbonyl (C=O) groups is 3. The molecule has 28 heavy (non-hydrogen) atoms. The number of ether oxygens (including phenoxy) is 1. The average Bonchev–Trinajstić information content (AvgIpc) is 3.23. The SMILES string of the molecule is COc1cccc(N2C(=O)[C@@H]3C[C@@H](NC(=O)c4snnc4C)CCN3C2=O)c1. The first-order valence-electron chi connectivity index (χ1n) is 8.88. The van der Waals surface area contributed by atoms with E-state index >= 15 is 0 Å². The molecule has 2 saturated heterocycles. The molecule has 2 atom stereocenters. The number of hydrogen-bond acceptors (Lipinski definition) is 7. The largest absolute Gasteiger partial charge is 0.497 e. The lowest BCUT2D eigenvalue weighted by atomic mass is 9.98. The summed E-state index contributed by atoms with van der Waals surface area (Å²) in [6, 6.07) is 5.73. The van der Waals surface area contributed by atoms with Crippen LogP contribution >= 0.6 is 11.5 Å². The molecule has 4 amide bonds. The van der Waals surface area contributed by atoms with Crippen molar-refractivity contribution in [3.8, 4) is 5.75 Å². The van der Waals surface area contributed by atoms with Crippen LogP contribution in [0.5, 0.6) is 5.75 Å². The molecular weight excluding hydrogens is 382 g/mol. The van der Waals surface area contributed by atoms with Crippen LogP contribution in [-0.2, 0) is 4.79 Å². The van der Waals surface area contributed by atoms with Crippen LogP contribution in [0.15, 0.2) is 24.3 Å². The molecule has 4 rings (SSSR count). The number of anilines is 1. The monoisotopic (exact) mass is 401 g/mol. The fourth-order valence-corrected chi connectivity index (χ4v) is 4.17. The van der Waals surface area contributed by atoms with Crippen molar-refractivity contribution in [3.63, 3.8) is 0 Å². The second kappa shape index (κ2) is 7.19. The van der Waals surface area contributed by atoms with Crippen molar-refractivity contribution in [2.75, 3.05) is 18.6 Å². The van der Waals surface area contributed by atoms with E-state index in [1.165, 1.54) is 12.0 Å². The number of carbonyl (C=O) groups excluding carboxylic acids is 3. The third-order valence-electron chi connectivity index (χ3n) is 5.05. The smallest absolute Gasteiger partial charge is 0.332 e. The van der Waals surface area contributed by atoms with E-state index in [0.29, 0.717) is 41.4 Å². The molecule has 2 aromatic rings. The maximum Gasteiger partial charge on any atom is 0.332 e. The third kappa shape index (κ3) is 3.09. The van der Waals surface area contributed by atoms with Gasteiger partial charge in [0, 0.05) is 18.7 Å².